The highest BCUT2D eigenvalue weighted by Crippen LogP contribution is 2.33. The highest BCUT2D eigenvalue weighted by molar-refractivity contribution is 5.97. The van der Waals surface area contributed by atoms with E-state index >= 15 is 0 Å². The second kappa shape index (κ2) is 3.71. The summed E-state index contributed by atoms with van der Waals surface area (Å²) >= 11 is 0. The Morgan fingerprint density at radius 2 is 2.38 bits per heavy atom. The monoisotopic (exact) mass is 227 g/mol. The van der Waals surface area contributed by atoms with Crippen molar-refractivity contribution in [2.45, 2.75) is 37.5 Å². The lowest BCUT2D eigenvalue weighted by Crippen LogP contribution is -2.75. The van der Waals surface area contributed by atoms with E-state index in [1.165, 1.54) is 11.8 Å². The quantitative estimate of drug-likeness (QED) is 0.495. The summed E-state index contributed by atoms with van der Waals surface area (Å²) in [5.41, 5.74) is 4.70. The molecule has 0 aliphatic carbocycles. The molecule has 6 nitrogen and oxygen atoms in total. The van der Waals surface area contributed by atoms with Crippen molar-refractivity contribution in [3.05, 3.63) is 0 Å². The molecule has 0 aromatic rings. The SMILES string of the molecule is C[C@@H](O)[C@@H](C(N)=O)N1C[C@@]2(CCCN2)C1=O. The first-order valence-corrected chi connectivity index (χ1v) is 5.51. The van der Waals surface area contributed by atoms with Crippen molar-refractivity contribution >= 4 is 11.8 Å². The Labute approximate surface area is 93.8 Å². The first-order valence-electron chi connectivity index (χ1n) is 5.51. The van der Waals surface area contributed by atoms with Crippen LogP contribution in [0.1, 0.15) is 19.8 Å². The average Bonchev–Trinajstić information content (AvgIpc) is 2.67. The van der Waals surface area contributed by atoms with Crippen LogP contribution in [0.2, 0.25) is 0 Å². The van der Waals surface area contributed by atoms with Crippen molar-refractivity contribution in [3.63, 3.8) is 0 Å². The molecule has 90 valence electrons. The second-order valence-electron chi connectivity index (χ2n) is 4.63. The number of aliphatic hydroxyl groups excluding tert-OH is 1. The van der Waals surface area contributed by atoms with Gasteiger partial charge in [-0.05, 0) is 26.3 Å². The number of nitrogens with two attached hydrogens (primary N) is 1. The summed E-state index contributed by atoms with van der Waals surface area (Å²) in [5, 5.41) is 12.6. The van der Waals surface area contributed by atoms with E-state index in [0.29, 0.717) is 6.54 Å². The Bertz CT molecular complexity index is 323. The number of likely N-dealkylation sites (tertiary alicyclic amines) is 1. The molecule has 16 heavy (non-hydrogen) atoms. The van der Waals surface area contributed by atoms with Crippen LogP contribution in [0.15, 0.2) is 0 Å². The van der Waals surface area contributed by atoms with Crippen LogP contribution in [0.25, 0.3) is 0 Å². The standard InChI is InChI=1S/C10H17N3O3/c1-6(14)7(8(11)15)13-5-10(9(13)16)3-2-4-12-10/h6-7,12,14H,2-5H2,1H3,(H2,11,15)/t6-,7+,10+/m1/s1. The van der Waals surface area contributed by atoms with Crippen LogP contribution in [-0.4, -0.2) is 52.6 Å². The minimum Gasteiger partial charge on any atom is -0.391 e. The predicted molar refractivity (Wildman–Crippen MR) is 56.3 cm³/mol. The molecule has 2 aliphatic rings. The van der Waals surface area contributed by atoms with Crippen LogP contribution in [0, 0.1) is 0 Å². The number of aliphatic hydroxyl groups is 1. The number of carbonyl (C=O) groups is 2. The number of primary amides is 1. The molecule has 2 heterocycles. The van der Waals surface area contributed by atoms with Crippen LogP contribution in [-0.2, 0) is 9.59 Å². The summed E-state index contributed by atoms with van der Waals surface area (Å²) in [6.07, 6.45) is 0.837. The van der Waals surface area contributed by atoms with Crippen molar-refractivity contribution < 1.29 is 14.7 Å². The van der Waals surface area contributed by atoms with E-state index in [0.717, 1.165) is 19.4 Å². The highest BCUT2D eigenvalue weighted by atomic mass is 16.3. The summed E-state index contributed by atoms with van der Waals surface area (Å²) in [6.45, 7) is 2.76. The second-order valence-corrected chi connectivity index (χ2v) is 4.63. The zero-order valence-electron chi connectivity index (χ0n) is 9.27. The fraction of sp³-hybridized carbons (Fsp3) is 0.800. The Morgan fingerprint density at radius 3 is 2.75 bits per heavy atom. The van der Waals surface area contributed by atoms with E-state index in [-0.39, 0.29) is 5.91 Å². The van der Waals surface area contributed by atoms with Gasteiger partial charge in [-0.15, -0.1) is 0 Å². The predicted octanol–water partition coefficient (Wildman–Crippen LogP) is -1.81. The molecule has 2 aliphatic heterocycles. The van der Waals surface area contributed by atoms with Gasteiger partial charge in [-0.1, -0.05) is 0 Å². The van der Waals surface area contributed by atoms with E-state index in [1.807, 2.05) is 0 Å². The zero-order chi connectivity index (χ0) is 11.9. The number of carbonyl (C=O) groups excluding carboxylic acids is 2. The average molecular weight is 227 g/mol. The molecule has 0 saturated carbocycles. The third-order valence-electron chi connectivity index (χ3n) is 3.44. The van der Waals surface area contributed by atoms with Gasteiger partial charge in [-0.3, -0.25) is 9.59 Å². The minimum absolute atomic E-state index is 0.116. The van der Waals surface area contributed by atoms with Gasteiger partial charge >= 0.3 is 0 Å². The van der Waals surface area contributed by atoms with Crippen molar-refractivity contribution in [2.75, 3.05) is 13.1 Å². The summed E-state index contributed by atoms with van der Waals surface area (Å²) in [5.74, 6) is -0.772. The molecule has 0 radical (unpaired) electrons. The van der Waals surface area contributed by atoms with E-state index in [9.17, 15) is 14.7 Å². The summed E-state index contributed by atoms with van der Waals surface area (Å²) in [6, 6.07) is -0.902. The first-order chi connectivity index (χ1) is 7.48. The number of nitrogens with one attached hydrogen (secondary N) is 1. The third kappa shape index (κ3) is 1.49. The molecule has 2 saturated heterocycles. The Balaban J connectivity index is 2.08. The number of hydrogen-bond donors (Lipinski definition) is 3. The molecule has 0 aromatic heterocycles. The maximum atomic E-state index is 12.0. The number of rotatable bonds is 3. The number of hydrogen-bond acceptors (Lipinski definition) is 4. The Hall–Kier alpha value is -1.14. The summed E-state index contributed by atoms with van der Waals surface area (Å²) < 4.78 is 0. The van der Waals surface area contributed by atoms with Gasteiger partial charge in [-0.2, -0.15) is 0 Å². The molecular weight excluding hydrogens is 210 g/mol. The summed E-state index contributed by atoms with van der Waals surface area (Å²) in [7, 11) is 0. The third-order valence-corrected chi connectivity index (χ3v) is 3.44. The number of nitrogens with zero attached hydrogens (tertiary/aromatic N) is 1. The Kier molecular flexibility index (Phi) is 2.63. The zero-order valence-corrected chi connectivity index (χ0v) is 9.27. The first kappa shape index (κ1) is 11.3. The summed E-state index contributed by atoms with van der Waals surface area (Å²) in [4.78, 5) is 24.5. The molecule has 1 spiro atoms. The van der Waals surface area contributed by atoms with Gasteiger partial charge < -0.3 is 21.1 Å². The number of amides is 2. The van der Waals surface area contributed by atoms with Gasteiger partial charge in [-0.25, -0.2) is 0 Å². The maximum Gasteiger partial charge on any atom is 0.245 e. The number of β-lactam (4-membered cyclic amide) rings is 1. The van der Waals surface area contributed by atoms with Crippen LogP contribution in [0.5, 0.6) is 0 Å². The van der Waals surface area contributed by atoms with Crippen molar-refractivity contribution in [2.24, 2.45) is 5.73 Å². The fourth-order valence-electron chi connectivity index (χ4n) is 2.61. The fourth-order valence-corrected chi connectivity index (χ4v) is 2.61. The maximum absolute atomic E-state index is 12.0. The lowest BCUT2D eigenvalue weighted by Gasteiger charge is -2.50. The molecule has 2 amide bonds. The van der Waals surface area contributed by atoms with Gasteiger partial charge in [0.05, 0.1) is 6.10 Å². The lowest BCUT2D eigenvalue weighted by molar-refractivity contribution is -0.163. The van der Waals surface area contributed by atoms with Gasteiger partial charge in [0.25, 0.3) is 0 Å². The van der Waals surface area contributed by atoms with E-state index < -0.39 is 23.6 Å². The van der Waals surface area contributed by atoms with Crippen LogP contribution < -0.4 is 11.1 Å². The van der Waals surface area contributed by atoms with E-state index in [1.54, 1.807) is 0 Å². The Morgan fingerprint density at radius 1 is 1.69 bits per heavy atom. The molecule has 0 bridgehead atoms. The molecule has 4 N–H and O–H groups in total. The molecule has 0 unspecified atom stereocenters. The topological polar surface area (TPSA) is 95.7 Å². The van der Waals surface area contributed by atoms with Crippen molar-refractivity contribution in [1.29, 1.82) is 0 Å². The van der Waals surface area contributed by atoms with Gasteiger partial charge in [0, 0.05) is 6.54 Å². The normalized spacial score (nSPS) is 32.6. The highest BCUT2D eigenvalue weighted by Gasteiger charge is 2.56. The largest absolute Gasteiger partial charge is 0.391 e. The molecule has 3 atom stereocenters. The van der Waals surface area contributed by atoms with Crippen molar-refractivity contribution in [3.8, 4) is 0 Å². The molecule has 6 heteroatoms. The van der Waals surface area contributed by atoms with Crippen molar-refractivity contribution in [1.82, 2.24) is 10.2 Å². The van der Waals surface area contributed by atoms with Crippen LogP contribution >= 0.6 is 0 Å². The smallest absolute Gasteiger partial charge is 0.245 e. The molecule has 2 rings (SSSR count). The molecular formula is C10H17N3O3. The van der Waals surface area contributed by atoms with E-state index in [4.69, 9.17) is 5.73 Å². The van der Waals surface area contributed by atoms with E-state index in [2.05, 4.69) is 5.32 Å². The molecule has 0 aromatic carbocycles. The van der Waals surface area contributed by atoms with Gasteiger partial charge in [0.15, 0.2) is 0 Å². The lowest BCUT2D eigenvalue weighted by atomic mass is 9.84. The van der Waals surface area contributed by atoms with Crippen LogP contribution in [0.4, 0.5) is 0 Å². The minimum atomic E-state index is -0.930. The molecule has 2 fully saturated rings. The van der Waals surface area contributed by atoms with Crippen LogP contribution in [0.3, 0.4) is 0 Å². The van der Waals surface area contributed by atoms with Gasteiger partial charge in [0.2, 0.25) is 11.8 Å². The van der Waals surface area contributed by atoms with Gasteiger partial charge in [0.1, 0.15) is 11.6 Å².